The molecule has 0 atom stereocenters. The number of hydrogen-bond acceptors (Lipinski definition) is 3. The molecule has 2 aromatic rings. The molecule has 0 aliphatic heterocycles. The van der Waals surface area contributed by atoms with Gasteiger partial charge in [-0.2, -0.15) is 0 Å². The Morgan fingerprint density at radius 2 is 1.75 bits per heavy atom. The number of carbonyl (C=O) groups excluding carboxylic acids is 1. The van der Waals surface area contributed by atoms with Gasteiger partial charge in [-0.15, -0.1) is 0 Å². The number of nitrogens with two attached hydrogens (primary N) is 1. The van der Waals surface area contributed by atoms with Gasteiger partial charge in [0.2, 0.25) is 0 Å². The molecule has 104 valence electrons. The van der Waals surface area contributed by atoms with Crippen LogP contribution in [0.5, 0.6) is 5.75 Å². The van der Waals surface area contributed by atoms with Crippen LogP contribution in [0.25, 0.3) is 0 Å². The fraction of sp³-hybridized carbons (Fsp3) is 0.133. The molecule has 0 radical (unpaired) electrons. The average molecular weight is 310 g/mol. The van der Waals surface area contributed by atoms with E-state index in [1.165, 1.54) is 19.2 Å². The zero-order valence-corrected chi connectivity index (χ0v) is 12.5. The predicted molar refractivity (Wildman–Crippen MR) is 82.0 cm³/mol. The van der Waals surface area contributed by atoms with Crippen molar-refractivity contribution in [1.82, 2.24) is 0 Å². The van der Waals surface area contributed by atoms with E-state index in [-0.39, 0.29) is 21.5 Å². The lowest BCUT2D eigenvalue weighted by molar-refractivity contribution is 0.103. The summed E-state index contributed by atoms with van der Waals surface area (Å²) in [5, 5.41) is 0.514. The smallest absolute Gasteiger partial charge is 0.196 e. The molecular weight excluding hydrogens is 297 g/mol. The van der Waals surface area contributed by atoms with Crippen LogP contribution in [-0.2, 0) is 0 Å². The van der Waals surface area contributed by atoms with Crippen LogP contribution in [-0.4, -0.2) is 12.9 Å². The monoisotopic (exact) mass is 309 g/mol. The third kappa shape index (κ3) is 2.74. The summed E-state index contributed by atoms with van der Waals surface area (Å²) < 4.78 is 5.22. The first-order chi connectivity index (χ1) is 9.43. The Balaban J connectivity index is 2.54. The topological polar surface area (TPSA) is 52.3 Å². The molecule has 20 heavy (non-hydrogen) atoms. The SMILES string of the molecule is COc1ccc(C)cc1C(=O)c1cc(Cl)c(N)c(Cl)c1. The van der Waals surface area contributed by atoms with E-state index in [1.807, 2.05) is 13.0 Å². The van der Waals surface area contributed by atoms with Crippen molar-refractivity contribution in [2.24, 2.45) is 0 Å². The number of hydrogen-bond donors (Lipinski definition) is 1. The van der Waals surface area contributed by atoms with E-state index in [0.29, 0.717) is 16.9 Å². The summed E-state index contributed by atoms with van der Waals surface area (Å²) in [6.07, 6.45) is 0. The highest BCUT2D eigenvalue weighted by atomic mass is 35.5. The molecular formula is C15H13Cl2NO2. The van der Waals surface area contributed by atoms with Crippen molar-refractivity contribution in [3.63, 3.8) is 0 Å². The maximum atomic E-state index is 12.6. The highest BCUT2D eigenvalue weighted by Crippen LogP contribution is 2.31. The van der Waals surface area contributed by atoms with Crippen LogP contribution < -0.4 is 10.5 Å². The van der Waals surface area contributed by atoms with Gasteiger partial charge in [-0.05, 0) is 31.2 Å². The summed E-state index contributed by atoms with van der Waals surface area (Å²) in [6, 6.07) is 8.40. The lowest BCUT2D eigenvalue weighted by Crippen LogP contribution is -2.05. The van der Waals surface area contributed by atoms with E-state index < -0.39 is 0 Å². The van der Waals surface area contributed by atoms with Crippen molar-refractivity contribution in [2.45, 2.75) is 6.92 Å². The van der Waals surface area contributed by atoms with Gasteiger partial charge < -0.3 is 10.5 Å². The van der Waals surface area contributed by atoms with Gasteiger partial charge in [0.05, 0.1) is 28.4 Å². The number of halogens is 2. The van der Waals surface area contributed by atoms with Gasteiger partial charge in [0.25, 0.3) is 0 Å². The molecule has 0 saturated carbocycles. The van der Waals surface area contributed by atoms with E-state index in [9.17, 15) is 4.79 Å². The summed E-state index contributed by atoms with van der Waals surface area (Å²) in [6.45, 7) is 1.90. The predicted octanol–water partition coefficient (Wildman–Crippen LogP) is 4.12. The standard InChI is InChI=1S/C15H13Cl2NO2/c1-8-3-4-13(20-2)10(5-8)15(19)9-6-11(16)14(18)12(17)7-9/h3-7H,18H2,1-2H3. The van der Waals surface area contributed by atoms with Crippen LogP contribution >= 0.6 is 23.2 Å². The highest BCUT2D eigenvalue weighted by molar-refractivity contribution is 6.39. The minimum Gasteiger partial charge on any atom is -0.496 e. The number of benzene rings is 2. The molecule has 0 aromatic heterocycles. The van der Waals surface area contributed by atoms with Crippen molar-refractivity contribution in [3.8, 4) is 5.75 Å². The molecule has 0 aliphatic carbocycles. The number of methoxy groups -OCH3 is 1. The van der Waals surface area contributed by atoms with Crippen molar-refractivity contribution in [1.29, 1.82) is 0 Å². The molecule has 3 nitrogen and oxygen atoms in total. The summed E-state index contributed by atoms with van der Waals surface area (Å²) in [4.78, 5) is 12.6. The van der Waals surface area contributed by atoms with Crippen molar-refractivity contribution >= 4 is 34.7 Å². The lowest BCUT2D eigenvalue weighted by atomic mass is 10.0. The molecule has 2 aromatic carbocycles. The fourth-order valence-corrected chi connectivity index (χ4v) is 2.36. The summed E-state index contributed by atoms with van der Waals surface area (Å²) in [5.74, 6) is 0.291. The highest BCUT2D eigenvalue weighted by Gasteiger charge is 2.17. The quantitative estimate of drug-likeness (QED) is 0.685. The van der Waals surface area contributed by atoms with Crippen LogP contribution in [0.15, 0.2) is 30.3 Å². The Kier molecular flexibility index (Phi) is 4.21. The van der Waals surface area contributed by atoms with Gasteiger partial charge in [-0.1, -0.05) is 34.8 Å². The van der Waals surface area contributed by atoms with E-state index >= 15 is 0 Å². The van der Waals surface area contributed by atoms with Gasteiger partial charge in [-0.25, -0.2) is 0 Å². The number of carbonyl (C=O) groups is 1. The van der Waals surface area contributed by atoms with Gasteiger partial charge >= 0.3 is 0 Å². The zero-order chi connectivity index (χ0) is 14.9. The van der Waals surface area contributed by atoms with Gasteiger partial charge in [-0.3, -0.25) is 4.79 Å². The number of ketones is 1. The number of aryl methyl sites for hydroxylation is 1. The Bertz CT molecular complexity index is 661. The number of rotatable bonds is 3. The van der Waals surface area contributed by atoms with Crippen molar-refractivity contribution in [3.05, 3.63) is 57.1 Å². The average Bonchev–Trinajstić information content (AvgIpc) is 2.43. The first kappa shape index (κ1) is 14.7. The minimum atomic E-state index is -0.214. The van der Waals surface area contributed by atoms with Crippen LogP contribution in [0.2, 0.25) is 10.0 Å². The molecule has 0 heterocycles. The number of anilines is 1. The van der Waals surface area contributed by atoms with Crippen LogP contribution in [0.3, 0.4) is 0 Å². The minimum absolute atomic E-state index is 0.214. The Labute approximate surface area is 127 Å². The third-order valence-electron chi connectivity index (χ3n) is 2.94. The van der Waals surface area contributed by atoms with E-state index in [0.717, 1.165) is 5.56 Å². The van der Waals surface area contributed by atoms with Gasteiger partial charge in [0.15, 0.2) is 5.78 Å². The second kappa shape index (κ2) is 5.73. The molecule has 5 heteroatoms. The van der Waals surface area contributed by atoms with E-state index in [4.69, 9.17) is 33.7 Å². The molecule has 0 fully saturated rings. The Morgan fingerprint density at radius 3 is 2.30 bits per heavy atom. The Hall–Kier alpha value is -1.71. The molecule has 0 bridgehead atoms. The van der Waals surface area contributed by atoms with Crippen molar-refractivity contribution < 1.29 is 9.53 Å². The number of ether oxygens (including phenoxy) is 1. The second-order valence-corrected chi connectivity index (χ2v) is 5.20. The number of nitrogen functional groups attached to an aromatic ring is 1. The molecule has 0 saturated heterocycles. The first-order valence-electron chi connectivity index (χ1n) is 5.88. The molecule has 2 N–H and O–H groups in total. The van der Waals surface area contributed by atoms with Gasteiger partial charge in [0, 0.05) is 5.56 Å². The normalized spacial score (nSPS) is 10.4. The van der Waals surface area contributed by atoms with Crippen LogP contribution in [0.1, 0.15) is 21.5 Å². The Morgan fingerprint density at radius 1 is 1.15 bits per heavy atom. The van der Waals surface area contributed by atoms with Crippen LogP contribution in [0.4, 0.5) is 5.69 Å². The second-order valence-electron chi connectivity index (χ2n) is 4.39. The van der Waals surface area contributed by atoms with Gasteiger partial charge in [0.1, 0.15) is 5.75 Å². The van der Waals surface area contributed by atoms with E-state index in [1.54, 1.807) is 12.1 Å². The fourth-order valence-electron chi connectivity index (χ4n) is 1.87. The molecule has 0 amide bonds. The summed E-state index contributed by atoms with van der Waals surface area (Å²) in [5.41, 5.74) is 7.73. The largest absolute Gasteiger partial charge is 0.496 e. The molecule has 0 spiro atoms. The molecule has 0 aliphatic rings. The van der Waals surface area contributed by atoms with Crippen molar-refractivity contribution in [2.75, 3.05) is 12.8 Å². The molecule has 0 unspecified atom stereocenters. The zero-order valence-electron chi connectivity index (χ0n) is 11.0. The summed E-state index contributed by atoms with van der Waals surface area (Å²) >= 11 is 11.9. The lowest BCUT2D eigenvalue weighted by Gasteiger charge is -2.10. The molecule has 2 rings (SSSR count). The first-order valence-corrected chi connectivity index (χ1v) is 6.63. The third-order valence-corrected chi connectivity index (χ3v) is 3.57. The maximum Gasteiger partial charge on any atom is 0.196 e. The van der Waals surface area contributed by atoms with Crippen LogP contribution in [0, 0.1) is 6.92 Å². The maximum absolute atomic E-state index is 12.6. The summed E-state index contributed by atoms with van der Waals surface area (Å²) in [7, 11) is 1.52. The van der Waals surface area contributed by atoms with E-state index in [2.05, 4.69) is 0 Å².